The Morgan fingerprint density at radius 1 is 1.33 bits per heavy atom. The van der Waals surface area contributed by atoms with Crippen LogP contribution < -0.4 is 4.74 Å². The van der Waals surface area contributed by atoms with Gasteiger partial charge in [-0.15, -0.1) is 13.2 Å². The summed E-state index contributed by atoms with van der Waals surface area (Å²) in [6.45, 7) is 5.20. The fourth-order valence-electron chi connectivity index (χ4n) is 1.36. The minimum Gasteiger partial charge on any atom is -0.405 e. The molecule has 0 saturated heterocycles. The van der Waals surface area contributed by atoms with Crippen molar-refractivity contribution in [1.29, 1.82) is 0 Å². The molecule has 83 valence electrons. The topological polar surface area (TPSA) is 9.23 Å². The van der Waals surface area contributed by atoms with Crippen molar-refractivity contribution in [3.8, 4) is 5.75 Å². The molecule has 1 aromatic carbocycles. The molecule has 1 radical (unpaired) electrons. The molecule has 1 rings (SSSR count). The van der Waals surface area contributed by atoms with Crippen molar-refractivity contribution in [3.05, 3.63) is 36.2 Å². The van der Waals surface area contributed by atoms with E-state index in [1.165, 1.54) is 0 Å². The van der Waals surface area contributed by atoms with E-state index in [9.17, 15) is 13.2 Å². The Morgan fingerprint density at radius 3 is 2.53 bits per heavy atom. The van der Waals surface area contributed by atoms with Crippen LogP contribution >= 0.6 is 0 Å². The average molecular weight is 217 g/mol. The van der Waals surface area contributed by atoms with E-state index in [2.05, 4.69) is 11.7 Å². The molecule has 0 heterocycles. The molecule has 0 spiro atoms. The van der Waals surface area contributed by atoms with Gasteiger partial charge in [-0.25, -0.2) is 0 Å². The number of hydrogen-bond donors (Lipinski definition) is 0. The third-order valence-corrected chi connectivity index (χ3v) is 1.96. The quantitative estimate of drug-likeness (QED) is 0.750. The number of halogens is 3. The van der Waals surface area contributed by atoms with Crippen LogP contribution in [0.2, 0.25) is 0 Å². The molecule has 0 aliphatic heterocycles. The molecule has 0 amide bonds. The molecule has 0 N–H and O–H groups in total. The van der Waals surface area contributed by atoms with Gasteiger partial charge in [0.05, 0.1) is 0 Å². The van der Waals surface area contributed by atoms with Crippen molar-refractivity contribution in [1.82, 2.24) is 0 Å². The van der Waals surface area contributed by atoms with Crippen LogP contribution in [0.5, 0.6) is 5.75 Å². The number of hydrogen-bond acceptors (Lipinski definition) is 1. The highest BCUT2D eigenvalue weighted by atomic mass is 19.4. The van der Waals surface area contributed by atoms with Gasteiger partial charge in [-0.1, -0.05) is 25.1 Å². The molecular formula is C11H12F3O. The third kappa shape index (κ3) is 3.46. The molecule has 4 heteroatoms. The van der Waals surface area contributed by atoms with E-state index >= 15 is 0 Å². The lowest BCUT2D eigenvalue weighted by Gasteiger charge is -2.15. The molecule has 0 saturated carbocycles. The van der Waals surface area contributed by atoms with Crippen LogP contribution in [-0.4, -0.2) is 6.36 Å². The van der Waals surface area contributed by atoms with E-state index in [1.54, 1.807) is 25.1 Å². The smallest absolute Gasteiger partial charge is 0.405 e. The van der Waals surface area contributed by atoms with E-state index < -0.39 is 6.36 Å². The van der Waals surface area contributed by atoms with E-state index in [0.29, 0.717) is 24.0 Å². The first-order chi connectivity index (χ1) is 6.94. The van der Waals surface area contributed by atoms with Crippen LogP contribution in [0.25, 0.3) is 0 Å². The molecule has 1 aromatic rings. The number of alkyl halides is 3. The summed E-state index contributed by atoms with van der Waals surface area (Å²) in [5.41, 5.74) is 1.03. The standard InChI is InChI=1S/C11H12F3O/c1-3-5-9-7-4-6-8(2)10(9)15-11(12,13)14/h4,6-7H,1,3,5H2,2H3. The van der Waals surface area contributed by atoms with Crippen molar-refractivity contribution in [3.63, 3.8) is 0 Å². The summed E-state index contributed by atoms with van der Waals surface area (Å²) >= 11 is 0. The Bertz CT molecular complexity index is 331. The number of rotatable bonds is 3. The summed E-state index contributed by atoms with van der Waals surface area (Å²) in [4.78, 5) is 0. The van der Waals surface area contributed by atoms with E-state index in [4.69, 9.17) is 0 Å². The first kappa shape index (κ1) is 11.9. The zero-order valence-electron chi connectivity index (χ0n) is 8.40. The summed E-state index contributed by atoms with van der Waals surface area (Å²) < 4.78 is 40.3. The van der Waals surface area contributed by atoms with Gasteiger partial charge >= 0.3 is 6.36 Å². The Kier molecular flexibility index (Phi) is 3.61. The van der Waals surface area contributed by atoms with Crippen molar-refractivity contribution in [2.24, 2.45) is 0 Å². The zero-order valence-corrected chi connectivity index (χ0v) is 8.40. The second-order valence-corrected chi connectivity index (χ2v) is 3.21. The second kappa shape index (κ2) is 4.55. The largest absolute Gasteiger partial charge is 0.573 e. The first-order valence-corrected chi connectivity index (χ1v) is 4.57. The number of benzene rings is 1. The van der Waals surface area contributed by atoms with Gasteiger partial charge < -0.3 is 4.74 Å². The highest BCUT2D eigenvalue weighted by molar-refractivity contribution is 5.41. The zero-order chi connectivity index (χ0) is 11.5. The molecule has 0 fully saturated rings. The second-order valence-electron chi connectivity index (χ2n) is 3.21. The van der Waals surface area contributed by atoms with Crippen LogP contribution in [0, 0.1) is 13.8 Å². The molecule has 0 aromatic heterocycles. The van der Waals surface area contributed by atoms with Gasteiger partial charge in [0.25, 0.3) is 0 Å². The minimum absolute atomic E-state index is 0.0892. The van der Waals surface area contributed by atoms with Gasteiger partial charge in [0.2, 0.25) is 0 Å². The van der Waals surface area contributed by atoms with Gasteiger partial charge in [0, 0.05) is 0 Å². The fourth-order valence-corrected chi connectivity index (χ4v) is 1.36. The number of para-hydroxylation sites is 1. The highest BCUT2D eigenvalue weighted by Gasteiger charge is 2.32. The lowest BCUT2D eigenvalue weighted by Crippen LogP contribution is -2.18. The van der Waals surface area contributed by atoms with E-state index in [0.717, 1.165) is 0 Å². The van der Waals surface area contributed by atoms with Crippen molar-refractivity contribution >= 4 is 0 Å². The molecule has 0 unspecified atom stereocenters. The Labute approximate surface area is 86.9 Å². The van der Waals surface area contributed by atoms with Gasteiger partial charge in [-0.3, -0.25) is 0 Å². The lowest BCUT2D eigenvalue weighted by molar-refractivity contribution is -0.275. The van der Waals surface area contributed by atoms with Crippen LogP contribution in [0.3, 0.4) is 0 Å². The van der Waals surface area contributed by atoms with Gasteiger partial charge in [-0.05, 0) is 30.9 Å². The Balaban J connectivity index is 3.02. The molecular weight excluding hydrogens is 205 g/mol. The maximum Gasteiger partial charge on any atom is 0.573 e. The monoisotopic (exact) mass is 217 g/mol. The Hall–Kier alpha value is -1.19. The SMILES string of the molecule is [CH2]CCc1cccc(C)c1OC(F)(F)F. The van der Waals surface area contributed by atoms with Crippen molar-refractivity contribution in [2.75, 3.05) is 0 Å². The van der Waals surface area contributed by atoms with Crippen LogP contribution in [0.4, 0.5) is 13.2 Å². The summed E-state index contributed by atoms with van der Waals surface area (Å²) in [7, 11) is 0. The predicted octanol–water partition coefficient (Wildman–Crippen LogP) is 3.66. The summed E-state index contributed by atoms with van der Waals surface area (Å²) in [5, 5.41) is 0. The molecule has 0 aliphatic carbocycles. The normalized spacial score (nSPS) is 11.5. The van der Waals surface area contributed by atoms with Gasteiger partial charge in [0.15, 0.2) is 0 Å². The number of aryl methyl sites for hydroxylation is 2. The molecule has 0 atom stereocenters. The first-order valence-electron chi connectivity index (χ1n) is 4.57. The summed E-state index contributed by atoms with van der Waals surface area (Å²) in [6.07, 6.45) is -3.62. The van der Waals surface area contributed by atoms with Crippen molar-refractivity contribution < 1.29 is 17.9 Å². The van der Waals surface area contributed by atoms with Crippen LogP contribution in [-0.2, 0) is 6.42 Å². The van der Waals surface area contributed by atoms with Crippen LogP contribution in [0.1, 0.15) is 17.5 Å². The summed E-state index contributed by atoms with van der Waals surface area (Å²) in [6, 6.07) is 4.93. The maximum absolute atomic E-state index is 12.1. The van der Waals surface area contributed by atoms with Gasteiger partial charge in [0.1, 0.15) is 5.75 Å². The third-order valence-electron chi connectivity index (χ3n) is 1.96. The van der Waals surface area contributed by atoms with Crippen molar-refractivity contribution in [2.45, 2.75) is 26.1 Å². The summed E-state index contributed by atoms with van der Waals surface area (Å²) in [5.74, 6) is -0.0892. The van der Waals surface area contributed by atoms with Gasteiger partial charge in [-0.2, -0.15) is 0 Å². The molecule has 1 nitrogen and oxygen atoms in total. The predicted molar refractivity (Wildman–Crippen MR) is 51.5 cm³/mol. The molecule has 15 heavy (non-hydrogen) atoms. The van der Waals surface area contributed by atoms with Crippen LogP contribution in [0.15, 0.2) is 18.2 Å². The molecule has 0 aliphatic rings. The van der Waals surface area contributed by atoms with E-state index in [-0.39, 0.29) is 5.75 Å². The molecule has 0 bridgehead atoms. The highest BCUT2D eigenvalue weighted by Crippen LogP contribution is 2.30. The maximum atomic E-state index is 12.1. The fraction of sp³-hybridized carbons (Fsp3) is 0.364. The average Bonchev–Trinajstić information content (AvgIpc) is 2.10. The minimum atomic E-state index is -4.64. The lowest BCUT2D eigenvalue weighted by atomic mass is 10.1. The number of ether oxygens (including phenoxy) is 1. The van der Waals surface area contributed by atoms with E-state index in [1.807, 2.05) is 0 Å². The Morgan fingerprint density at radius 2 is 2.00 bits per heavy atom.